The van der Waals surface area contributed by atoms with Crippen molar-refractivity contribution < 1.29 is 14.3 Å². The molecule has 0 fully saturated rings. The molecule has 86 valence electrons. The monoisotopic (exact) mass is 248 g/mol. The molecule has 0 N–H and O–H groups in total. The maximum atomic E-state index is 10.7. The molecule has 0 atom stereocenters. The number of carbonyl (C=O) groups is 1. The molecule has 1 aromatic carbocycles. The van der Waals surface area contributed by atoms with Crippen LogP contribution in [0.25, 0.3) is 0 Å². The van der Waals surface area contributed by atoms with Crippen molar-refractivity contribution in [2.45, 2.75) is 0 Å². The Balaban J connectivity index is 3.11. The molecule has 0 bridgehead atoms. The van der Waals surface area contributed by atoms with Crippen molar-refractivity contribution in [2.75, 3.05) is 13.2 Å². The predicted octanol–water partition coefficient (Wildman–Crippen LogP) is 2.18. The van der Waals surface area contributed by atoms with Gasteiger partial charge in [-0.3, -0.25) is 4.79 Å². The Morgan fingerprint density at radius 1 is 1.24 bits per heavy atom. The van der Waals surface area contributed by atoms with E-state index in [1.165, 1.54) is 12.1 Å². The fourth-order valence-electron chi connectivity index (χ4n) is 1.14. The molecule has 0 saturated heterocycles. The molecule has 17 heavy (non-hydrogen) atoms. The van der Waals surface area contributed by atoms with Gasteiger partial charge < -0.3 is 9.47 Å². The lowest BCUT2D eigenvalue weighted by Crippen LogP contribution is -2.01. The molecule has 4 heteroatoms. The Kier molecular flexibility index (Phi) is 4.94. The fraction of sp³-hybridized carbons (Fsp3) is 0.154. The van der Waals surface area contributed by atoms with Crippen LogP contribution in [0.3, 0.4) is 0 Å². The van der Waals surface area contributed by atoms with Gasteiger partial charge in [0.2, 0.25) is 0 Å². The Labute approximate surface area is 105 Å². The number of hydrogen-bond donors (Lipinski definition) is 0. The molecular formula is C13H9ClO3. The van der Waals surface area contributed by atoms with Gasteiger partial charge in [0.05, 0.1) is 5.02 Å². The van der Waals surface area contributed by atoms with E-state index in [2.05, 4.69) is 11.8 Å². The molecule has 0 spiro atoms. The zero-order valence-electron chi connectivity index (χ0n) is 8.90. The first-order chi connectivity index (χ1) is 8.22. The lowest BCUT2D eigenvalue weighted by atomic mass is 10.2. The number of benzene rings is 1. The minimum Gasteiger partial charge on any atom is -0.477 e. The van der Waals surface area contributed by atoms with Gasteiger partial charge in [0.15, 0.2) is 11.5 Å². The van der Waals surface area contributed by atoms with Crippen LogP contribution in [0.5, 0.6) is 11.5 Å². The summed E-state index contributed by atoms with van der Waals surface area (Å²) in [5.74, 6) is 5.20. The molecule has 0 saturated carbocycles. The quantitative estimate of drug-likeness (QED) is 0.592. The summed E-state index contributed by atoms with van der Waals surface area (Å²) in [7, 11) is 0. The van der Waals surface area contributed by atoms with Gasteiger partial charge in [-0.25, -0.2) is 0 Å². The van der Waals surface area contributed by atoms with E-state index in [0.29, 0.717) is 17.6 Å². The van der Waals surface area contributed by atoms with Crippen LogP contribution in [0.1, 0.15) is 10.4 Å². The maximum absolute atomic E-state index is 10.7. The summed E-state index contributed by atoms with van der Waals surface area (Å²) in [6, 6.07) is 2.95. The number of ether oxygens (including phenoxy) is 2. The Bertz CT molecular complexity index is 495. The van der Waals surface area contributed by atoms with Crippen LogP contribution >= 0.6 is 11.6 Å². The molecule has 0 aliphatic carbocycles. The second kappa shape index (κ2) is 6.48. The molecule has 1 aromatic rings. The predicted molar refractivity (Wildman–Crippen MR) is 65.5 cm³/mol. The van der Waals surface area contributed by atoms with Gasteiger partial charge in [-0.1, -0.05) is 23.4 Å². The SMILES string of the molecule is C#CCOc1cc(C=O)cc(Cl)c1OCC#C. The fourth-order valence-corrected chi connectivity index (χ4v) is 1.41. The third kappa shape index (κ3) is 3.45. The topological polar surface area (TPSA) is 35.5 Å². The highest BCUT2D eigenvalue weighted by molar-refractivity contribution is 6.32. The zero-order chi connectivity index (χ0) is 12.7. The summed E-state index contributed by atoms with van der Waals surface area (Å²) >= 11 is 5.94. The third-order valence-electron chi connectivity index (χ3n) is 1.78. The molecule has 3 nitrogen and oxygen atoms in total. The Morgan fingerprint density at radius 2 is 1.88 bits per heavy atom. The average Bonchev–Trinajstić information content (AvgIpc) is 2.34. The second-order valence-electron chi connectivity index (χ2n) is 2.93. The van der Waals surface area contributed by atoms with Crippen molar-refractivity contribution in [3.8, 4) is 36.2 Å². The van der Waals surface area contributed by atoms with Crippen LogP contribution in [-0.4, -0.2) is 19.5 Å². The van der Waals surface area contributed by atoms with Gasteiger partial charge in [0.1, 0.15) is 19.5 Å². The largest absolute Gasteiger partial charge is 0.477 e. The van der Waals surface area contributed by atoms with E-state index in [4.69, 9.17) is 33.9 Å². The smallest absolute Gasteiger partial charge is 0.181 e. The summed E-state index contributed by atoms with van der Waals surface area (Å²) in [5.41, 5.74) is 0.370. The van der Waals surface area contributed by atoms with Gasteiger partial charge >= 0.3 is 0 Å². The lowest BCUT2D eigenvalue weighted by molar-refractivity contribution is 0.112. The van der Waals surface area contributed by atoms with E-state index in [1.54, 1.807) is 0 Å². The first-order valence-electron chi connectivity index (χ1n) is 4.64. The molecule has 0 aromatic heterocycles. The highest BCUT2D eigenvalue weighted by atomic mass is 35.5. The summed E-state index contributed by atoms with van der Waals surface area (Å²) in [5, 5.41) is 0.247. The van der Waals surface area contributed by atoms with Crippen LogP contribution in [-0.2, 0) is 0 Å². The van der Waals surface area contributed by atoms with Crippen molar-refractivity contribution in [1.29, 1.82) is 0 Å². The summed E-state index contributed by atoms with van der Waals surface area (Å²) in [6.45, 7) is 0.0949. The van der Waals surface area contributed by atoms with Gasteiger partial charge in [-0.05, 0) is 12.1 Å². The van der Waals surface area contributed by atoms with Crippen LogP contribution in [0.15, 0.2) is 12.1 Å². The highest BCUT2D eigenvalue weighted by Gasteiger charge is 2.12. The van der Waals surface area contributed by atoms with E-state index in [0.717, 1.165) is 0 Å². The number of rotatable bonds is 5. The highest BCUT2D eigenvalue weighted by Crippen LogP contribution is 2.36. The number of terminal acetylenes is 2. The first kappa shape index (κ1) is 13.0. The molecule has 0 amide bonds. The maximum Gasteiger partial charge on any atom is 0.181 e. The molecular weight excluding hydrogens is 240 g/mol. The molecule has 0 radical (unpaired) electrons. The van der Waals surface area contributed by atoms with Crippen LogP contribution in [0.2, 0.25) is 5.02 Å². The summed E-state index contributed by atoms with van der Waals surface area (Å²) < 4.78 is 10.5. The Morgan fingerprint density at radius 3 is 2.47 bits per heavy atom. The van der Waals surface area contributed by atoms with Gasteiger partial charge in [-0.15, -0.1) is 12.8 Å². The minimum absolute atomic E-state index is 0.0467. The van der Waals surface area contributed by atoms with Crippen molar-refractivity contribution in [1.82, 2.24) is 0 Å². The second-order valence-corrected chi connectivity index (χ2v) is 3.34. The molecule has 0 heterocycles. The number of carbonyl (C=O) groups excluding carboxylic acids is 1. The van der Waals surface area contributed by atoms with Crippen molar-refractivity contribution in [3.05, 3.63) is 22.7 Å². The first-order valence-corrected chi connectivity index (χ1v) is 5.02. The van der Waals surface area contributed by atoms with E-state index >= 15 is 0 Å². The third-order valence-corrected chi connectivity index (χ3v) is 2.06. The van der Waals surface area contributed by atoms with E-state index in [9.17, 15) is 4.79 Å². The van der Waals surface area contributed by atoms with Gasteiger partial charge in [0, 0.05) is 5.56 Å². The molecule has 0 unspecified atom stereocenters. The molecule has 0 aliphatic rings. The van der Waals surface area contributed by atoms with E-state index < -0.39 is 0 Å². The van der Waals surface area contributed by atoms with E-state index in [1.807, 2.05) is 0 Å². The van der Waals surface area contributed by atoms with Crippen LogP contribution in [0, 0.1) is 24.7 Å². The summed E-state index contributed by atoms with van der Waals surface area (Å²) in [4.78, 5) is 10.7. The van der Waals surface area contributed by atoms with Gasteiger partial charge in [-0.2, -0.15) is 0 Å². The zero-order valence-corrected chi connectivity index (χ0v) is 9.66. The Hall–Kier alpha value is -2.10. The van der Waals surface area contributed by atoms with Gasteiger partial charge in [0.25, 0.3) is 0 Å². The summed E-state index contributed by atoms with van der Waals surface area (Å²) in [6.07, 6.45) is 10.8. The van der Waals surface area contributed by atoms with Crippen molar-refractivity contribution in [3.63, 3.8) is 0 Å². The number of hydrogen-bond acceptors (Lipinski definition) is 3. The van der Waals surface area contributed by atoms with Crippen LogP contribution < -0.4 is 9.47 Å². The lowest BCUT2D eigenvalue weighted by Gasteiger charge is -2.12. The number of aldehydes is 1. The van der Waals surface area contributed by atoms with Crippen molar-refractivity contribution in [2.24, 2.45) is 0 Å². The molecule has 0 aliphatic heterocycles. The number of halogens is 1. The molecule has 1 rings (SSSR count). The van der Waals surface area contributed by atoms with Crippen LogP contribution in [0.4, 0.5) is 0 Å². The normalized spacial score (nSPS) is 8.88. The van der Waals surface area contributed by atoms with Crippen molar-refractivity contribution >= 4 is 17.9 Å². The minimum atomic E-state index is 0.0467. The van der Waals surface area contributed by atoms with E-state index in [-0.39, 0.29) is 24.0 Å². The standard InChI is InChI=1S/C13H9ClO3/c1-3-5-16-12-8-10(9-15)7-11(14)13(12)17-6-4-2/h1-2,7-9H,5-6H2. The average molecular weight is 249 g/mol.